The molecule has 1 aliphatic heterocycles. The molecule has 0 atom stereocenters. The maximum absolute atomic E-state index is 13.2. The molecule has 106 valence electrons. The summed E-state index contributed by atoms with van der Waals surface area (Å²) in [5.74, 6) is 0.887. The van der Waals surface area contributed by atoms with E-state index in [1.807, 2.05) is 9.47 Å². The number of thiol groups is 1. The molecule has 0 bridgehead atoms. The largest absolute Gasteiger partial charge is 0.341 e. The maximum atomic E-state index is 13.2. The second-order valence-corrected chi connectivity index (χ2v) is 5.31. The highest BCUT2D eigenvalue weighted by Gasteiger charge is 2.20. The van der Waals surface area contributed by atoms with Gasteiger partial charge in [0.25, 0.3) is 0 Å². The Hall–Kier alpha value is -1.56. The molecule has 2 aromatic rings. The summed E-state index contributed by atoms with van der Waals surface area (Å²) in [5.41, 5.74) is 1.35. The molecular weight excluding hydrogens is 277 g/mol. The number of carbonyl (C=O) groups excluding carboxylic acids is 1. The molecule has 0 N–H and O–H groups in total. The number of amides is 1. The molecule has 1 aromatic heterocycles. The lowest BCUT2D eigenvalue weighted by Gasteiger charge is -2.16. The highest BCUT2D eigenvalue weighted by Crippen LogP contribution is 2.19. The van der Waals surface area contributed by atoms with Gasteiger partial charge in [-0.25, -0.2) is 9.37 Å². The number of likely N-dealkylation sites (tertiary alicyclic amines) is 1. The normalized spacial score (nSPS) is 15.2. The minimum Gasteiger partial charge on any atom is -0.341 e. The van der Waals surface area contributed by atoms with Crippen LogP contribution in [0.5, 0.6) is 0 Å². The van der Waals surface area contributed by atoms with Gasteiger partial charge in [-0.15, -0.1) is 0 Å². The van der Waals surface area contributed by atoms with Crippen LogP contribution in [0.25, 0.3) is 11.0 Å². The van der Waals surface area contributed by atoms with E-state index in [1.165, 1.54) is 12.1 Å². The van der Waals surface area contributed by atoms with Crippen LogP contribution in [-0.2, 0) is 17.1 Å². The number of imidazole rings is 1. The van der Waals surface area contributed by atoms with Crippen molar-refractivity contribution < 1.29 is 9.18 Å². The van der Waals surface area contributed by atoms with Crippen molar-refractivity contribution in [3.05, 3.63) is 29.8 Å². The zero-order valence-corrected chi connectivity index (χ0v) is 11.9. The summed E-state index contributed by atoms with van der Waals surface area (Å²) < 4.78 is 15.1. The van der Waals surface area contributed by atoms with E-state index in [-0.39, 0.29) is 18.3 Å². The molecule has 1 saturated heterocycles. The molecule has 4 nitrogen and oxygen atoms in total. The summed E-state index contributed by atoms with van der Waals surface area (Å²) in [4.78, 5) is 18.5. The van der Waals surface area contributed by atoms with Gasteiger partial charge in [0.05, 0.1) is 11.0 Å². The van der Waals surface area contributed by atoms with Crippen molar-refractivity contribution in [1.29, 1.82) is 0 Å². The van der Waals surface area contributed by atoms with E-state index in [0.717, 1.165) is 31.4 Å². The molecule has 1 fully saturated rings. The van der Waals surface area contributed by atoms with E-state index in [9.17, 15) is 9.18 Å². The molecular formula is C14H16FN3OS. The molecule has 0 radical (unpaired) electrons. The van der Waals surface area contributed by atoms with Gasteiger partial charge in [0, 0.05) is 24.9 Å². The second kappa shape index (κ2) is 5.44. The Balaban J connectivity index is 1.94. The third-order valence-electron chi connectivity index (χ3n) is 3.68. The summed E-state index contributed by atoms with van der Waals surface area (Å²) in [6.07, 6.45) is 2.14. The molecule has 0 aliphatic carbocycles. The van der Waals surface area contributed by atoms with Crippen LogP contribution in [0.15, 0.2) is 18.2 Å². The van der Waals surface area contributed by atoms with E-state index in [4.69, 9.17) is 0 Å². The standard InChI is InChI=1S/C14H16FN3OS/c15-10-3-4-12-11(7-10)16-13(9-20)18(12)8-14(19)17-5-1-2-6-17/h3-4,7,20H,1-2,5-6,8-9H2. The smallest absolute Gasteiger partial charge is 0.242 e. The van der Waals surface area contributed by atoms with Crippen molar-refractivity contribution in [2.45, 2.75) is 25.1 Å². The van der Waals surface area contributed by atoms with Crippen LogP contribution < -0.4 is 0 Å². The number of rotatable bonds is 3. The van der Waals surface area contributed by atoms with Crippen LogP contribution in [0.1, 0.15) is 18.7 Å². The summed E-state index contributed by atoms with van der Waals surface area (Å²) in [5, 5.41) is 0. The first-order valence-corrected chi connectivity index (χ1v) is 7.35. The van der Waals surface area contributed by atoms with E-state index in [1.54, 1.807) is 6.07 Å². The number of fused-ring (bicyclic) bond motifs is 1. The third-order valence-corrected chi connectivity index (χ3v) is 3.97. The number of nitrogens with zero attached hydrogens (tertiary/aromatic N) is 3. The van der Waals surface area contributed by atoms with Crippen molar-refractivity contribution in [1.82, 2.24) is 14.5 Å². The van der Waals surface area contributed by atoms with Crippen molar-refractivity contribution in [2.75, 3.05) is 13.1 Å². The number of benzene rings is 1. The summed E-state index contributed by atoms with van der Waals surface area (Å²) in [6.45, 7) is 1.91. The number of hydrogen-bond donors (Lipinski definition) is 1. The Labute approximate surface area is 122 Å². The monoisotopic (exact) mass is 293 g/mol. The van der Waals surface area contributed by atoms with Gasteiger partial charge in [0.2, 0.25) is 5.91 Å². The first-order chi connectivity index (χ1) is 9.69. The number of aromatic nitrogens is 2. The topological polar surface area (TPSA) is 38.1 Å². The lowest BCUT2D eigenvalue weighted by atomic mass is 10.3. The third kappa shape index (κ3) is 2.40. The fraction of sp³-hybridized carbons (Fsp3) is 0.429. The molecule has 1 aromatic carbocycles. The Morgan fingerprint density at radius 2 is 2.10 bits per heavy atom. The Morgan fingerprint density at radius 1 is 1.35 bits per heavy atom. The first kappa shape index (κ1) is 13.4. The molecule has 1 amide bonds. The van der Waals surface area contributed by atoms with Crippen LogP contribution in [0, 0.1) is 5.82 Å². The molecule has 2 heterocycles. The minimum absolute atomic E-state index is 0.0918. The number of halogens is 1. The zero-order valence-electron chi connectivity index (χ0n) is 11.0. The maximum Gasteiger partial charge on any atom is 0.242 e. The van der Waals surface area contributed by atoms with Gasteiger partial charge in [0.1, 0.15) is 18.2 Å². The first-order valence-electron chi connectivity index (χ1n) is 6.72. The van der Waals surface area contributed by atoms with Crippen LogP contribution in [-0.4, -0.2) is 33.4 Å². The highest BCUT2D eigenvalue weighted by molar-refractivity contribution is 7.79. The van der Waals surface area contributed by atoms with E-state index in [0.29, 0.717) is 17.1 Å². The second-order valence-electron chi connectivity index (χ2n) is 4.99. The van der Waals surface area contributed by atoms with E-state index >= 15 is 0 Å². The fourth-order valence-corrected chi connectivity index (χ4v) is 2.89. The Kier molecular flexibility index (Phi) is 3.65. The summed E-state index contributed by atoms with van der Waals surface area (Å²) in [6, 6.07) is 4.45. The minimum atomic E-state index is -0.321. The predicted octanol–water partition coefficient (Wildman–Crippen LogP) is 2.23. The van der Waals surface area contributed by atoms with Crippen molar-refractivity contribution in [2.24, 2.45) is 0 Å². The van der Waals surface area contributed by atoms with Crippen LogP contribution in [0.4, 0.5) is 4.39 Å². The van der Waals surface area contributed by atoms with Crippen LogP contribution >= 0.6 is 12.6 Å². The Morgan fingerprint density at radius 3 is 2.80 bits per heavy atom. The SMILES string of the molecule is O=C(Cn1c(CS)nc2cc(F)ccc21)N1CCCC1. The van der Waals surface area contributed by atoms with Gasteiger partial charge in [-0.1, -0.05) is 0 Å². The van der Waals surface area contributed by atoms with Gasteiger partial charge in [0.15, 0.2) is 0 Å². The molecule has 3 rings (SSSR count). The number of hydrogen-bond acceptors (Lipinski definition) is 3. The van der Waals surface area contributed by atoms with Gasteiger partial charge in [-0.3, -0.25) is 4.79 Å². The van der Waals surface area contributed by atoms with Gasteiger partial charge in [-0.05, 0) is 25.0 Å². The lowest BCUT2D eigenvalue weighted by Crippen LogP contribution is -2.31. The van der Waals surface area contributed by atoms with E-state index < -0.39 is 0 Å². The van der Waals surface area contributed by atoms with Crippen LogP contribution in [0.3, 0.4) is 0 Å². The lowest BCUT2D eigenvalue weighted by molar-refractivity contribution is -0.130. The molecule has 20 heavy (non-hydrogen) atoms. The highest BCUT2D eigenvalue weighted by atomic mass is 32.1. The number of carbonyl (C=O) groups is 1. The van der Waals surface area contributed by atoms with Gasteiger partial charge >= 0.3 is 0 Å². The quantitative estimate of drug-likeness (QED) is 0.881. The average molecular weight is 293 g/mol. The summed E-state index contributed by atoms with van der Waals surface area (Å²) in [7, 11) is 0. The van der Waals surface area contributed by atoms with Gasteiger partial charge in [-0.2, -0.15) is 12.6 Å². The fourth-order valence-electron chi connectivity index (χ4n) is 2.65. The molecule has 1 aliphatic rings. The van der Waals surface area contributed by atoms with Crippen LogP contribution in [0.2, 0.25) is 0 Å². The zero-order chi connectivity index (χ0) is 14.1. The molecule has 0 unspecified atom stereocenters. The predicted molar refractivity (Wildman–Crippen MR) is 78.2 cm³/mol. The molecule has 0 saturated carbocycles. The van der Waals surface area contributed by atoms with E-state index in [2.05, 4.69) is 17.6 Å². The van der Waals surface area contributed by atoms with Crippen molar-refractivity contribution in [3.8, 4) is 0 Å². The Bertz CT molecular complexity index is 649. The van der Waals surface area contributed by atoms with Crippen molar-refractivity contribution in [3.63, 3.8) is 0 Å². The van der Waals surface area contributed by atoms with Gasteiger partial charge < -0.3 is 9.47 Å². The molecule has 6 heteroatoms. The average Bonchev–Trinajstić information content (AvgIpc) is 3.06. The van der Waals surface area contributed by atoms with Crippen molar-refractivity contribution >= 4 is 29.6 Å². The molecule has 0 spiro atoms. The summed E-state index contributed by atoms with van der Waals surface area (Å²) >= 11 is 4.25.